The quantitative estimate of drug-likeness (QED) is 0.660. The van der Waals surface area contributed by atoms with Crippen LogP contribution >= 0.6 is 11.6 Å². The van der Waals surface area contributed by atoms with E-state index in [9.17, 15) is 9.59 Å². The van der Waals surface area contributed by atoms with Crippen molar-refractivity contribution in [3.8, 4) is 5.75 Å². The lowest BCUT2D eigenvalue weighted by Crippen LogP contribution is -2.37. The molecular weight excluding hydrogens is 404 g/mol. The maximum absolute atomic E-state index is 12.7. The van der Waals surface area contributed by atoms with Crippen LogP contribution in [0.15, 0.2) is 42.5 Å². The standard InChI is InChI=1S/C23H27ClN2O4/c1-3-30-19-6-4-5-16(13-19)15-26-11-9-17(10-12-26)22(27)25-21-14-18(23(28)29-2)7-8-20(21)24/h4-8,13-14,17H,3,9-12,15H2,1-2H3,(H,25,27). The number of hydrogen-bond donors (Lipinski definition) is 1. The van der Waals surface area contributed by atoms with E-state index in [0.29, 0.717) is 22.9 Å². The highest BCUT2D eigenvalue weighted by Crippen LogP contribution is 2.26. The average Bonchev–Trinajstić information content (AvgIpc) is 2.75. The van der Waals surface area contributed by atoms with E-state index in [2.05, 4.69) is 22.3 Å². The fourth-order valence-corrected chi connectivity index (χ4v) is 3.78. The summed E-state index contributed by atoms with van der Waals surface area (Å²) in [5.74, 6) is 0.255. The molecule has 2 aromatic carbocycles. The van der Waals surface area contributed by atoms with Crippen molar-refractivity contribution < 1.29 is 19.1 Å². The predicted molar refractivity (Wildman–Crippen MR) is 117 cm³/mol. The highest BCUT2D eigenvalue weighted by Gasteiger charge is 2.25. The number of rotatable bonds is 7. The number of methoxy groups -OCH3 is 1. The summed E-state index contributed by atoms with van der Waals surface area (Å²) in [6, 6.07) is 12.8. The van der Waals surface area contributed by atoms with Gasteiger partial charge in [-0.3, -0.25) is 9.69 Å². The molecule has 0 bridgehead atoms. The minimum atomic E-state index is -0.469. The molecule has 30 heavy (non-hydrogen) atoms. The monoisotopic (exact) mass is 430 g/mol. The summed E-state index contributed by atoms with van der Waals surface area (Å²) in [5.41, 5.74) is 1.98. The normalized spacial score (nSPS) is 14.9. The Balaban J connectivity index is 1.54. The summed E-state index contributed by atoms with van der Waals surface area (Å²) in [7, 11) is 1.32. The van der Waals surface area contributed by atoms with Gasteiger partial charge in [0.25, 0.3) is 0 Å². The summed E-state index contributed by atoms with van der Waals surface area (Å²) < 4.78 is 10.3. The first-order valence-electron chi connectivity index (χ1n) is 10.1. The van der Waals surface area contributed by atoms with Crippen molar-refractivity contribution in [2.75, 3.05) is 32.1 Å². The zero-order valence-corrected chi connectivity index (χ0v) is 18.1. The number of likely N-dealkylation sites (tertiary alicyclic amines) is 1. The molecule has 6 nitrogen and oxygen atoms in total. The number of carbonyl (C=O) groups is 2. The number of ether oxygens (including phenoxy) is 2. The SMILES string of the molecule is CCOc1cccc(CN2CCC(C(=O)Nc3cc(C(=O)OC)ccc3Cl)CC2)c1. The van der Waals surface area contributed by atoms with Crippen LogP contribution in [0.3, 0.4) is 0 Å². The van der Waals surface area contributed by atoms with Gasteiger partial charge in [-0.2, -0.15) is 0 Å². The van der Waals surface area contributed by atoms with Gasteiger partial charge in [-0.25, -0.2) is 4.79 Å². The van der Waals surface area contributed by atoms with E-state index in [1.165, 1.54) is 12.7 Å². The van der Waals surface area contributed by atoms with E-state index in [1.54, 1.807) is 18.2 Å². The van der Waals surface area contributed by atoms with Crippen molar-refractivity contribution in [1.29, 1.82) is 0 Å². The number of benzene rings is 2. The Morgan fingerprint density at radius 2 is 1.93 bits per heavy atom. The van der Waals surface area contributed by atoms with Crippen molar-refractivity contribution in [3.63, 3.8) is 0 Å². The zero-order valence-electron chi connectivity index (χ0n) is 17.3. The van der Waals surface area contributed by atoms with Gasteiger partial charge in [0.15, 0.2) is 0 Å². The summed E-state index contributed by atoms with van der Waals surface area (Å²) in [6.07, 6.45) is 1.54. The molecule has 2 aromatic rings. The van der Waals surface area contributed by atoms with E-state index in [-0.39, 0.29) is 11.8 Å². The molecule has 7 heteroatoms. The third kappa shape index (κ3) is 5.74. The van der Waals surface area contributed by atoms with Crippen LogP contribution in [0, 0.1) is 5.92 Å². The molecule has 0 saturated carbocycles. The molecule has 1 aliphatic heterocycles. The molecule has 1 N–H and O–H groups in total. The average molecular weight is 431 g/mol. The van der Waals surface area contributed by atoms with Crippen LogP contribution in [0.5, 0.6) is 5.75 Å². The van der Waals surface area contributed by atoms with Gasteiger partial charge in [-0.1, -0.05) is 23.7 Å². The Bertz CT molecular complexity index is 895. The zero-order chi connectivity index (χ0) is 21.5. The number of esters is 1. The molecule has 3 rings (SSSR count). The topological polar surface area (TPSA) is 67.9 Å². The molecule has 1 saturated heterocycles. The lowest BCUT2D eigenvalue weighted by atomic mass is 9.95. The smallest absolute Gasteiger partial charge is 0.337 e. The van der Waals surface area contributed by atoms with Gasteiger partial charge in [0.1, 0.15) is 5.75 Å². The first-order chi connectivity index (χ1) is 14.5. The molecule has 0 unspecified atom stereocenters. The van der Waals surface area contributed by atoms with E-state index < -0.39 is 5.97 Å². The second-order valence-corrected chi connectivity index (χ2v) is 7.71. The van der Waals surface area contributed by atoms with Crippen LogP contribution in [0.2, 0.25) is 5.02 Å². The lowest BCUT2D eigenvalue weighted by molar-refractivity contribution is -0.121. The second kappa shape index (κ2) is 10.5. The number of hydrogen-bond acceptors (Lipinski definition) is 5. The third-order valence-electron chi connectivity index (χ3n) is 5.22. The molecule has 1 aliphatic rings. The second-order valence-electron chi connectivity index (χ2n) is 7.31. The Kier molecular flexibility index (Phi) is 7.71. The van der Waals surface area contributed by atoms with Gasteiger partial charge in [-0.05, 0) is 68.8 Å². The molecule has 160 valence electrons. The highest BCUT2D eigenvalue weighted by atomic mass is 35.5. The van der Waals surface area contributed by atoms with Crippen LogP contribution in [0.4, 0.5) is 5.69 Å². The van der Waals surface area contributed by atoms with Crippen molar-refractivity contribution >= 4 is 29.2 Å². The third-order valence-corrected chi connectivity index (χ3v) is 5.55. The summed E-state index contributed by atoms with van der Waals surface area (Å²) in [4.78, 5) is 26.8. The van der Waals surface area contributed by atoms with Gasteiger partial charge in [0, 0.05) is 12.5 Å². The predicted octanol–water partition coefficient (Wildman–Crippen LogP) is 4.38. The molecule has 1 heterocycles. The first kappa shape index (κ1) is 22.1. The van der Waals surface area contributed by atoms with E-state index in [4.69, 9.17) is 21.1 Å². The van der Waals surface area contributed by atoms with Crippen LogP contribution < -0.4 is 10.1 Å². The minimum Gasteiger partial charge on any atom is -0.494 e. The summed E-state index contributed by atoms with van der Waals surface area (Å²) in [6.45, 7) is 5.14. The lowest BCUT2D eigenvalue weighted by Gasteiger charge is -2.31. The molecule has 0 aliphatic carbocycles. The maximum atomic E-state index is 12.7. The number of amides is 1. The van der Waals surface area contributed by atoms with Crippen LogP contribution in [-0.4, -0.2) is 43.6 Å². The van der Waals surface area contributed by atoms with Crippen LogP contribution in [-0.2, 0) is 16.1 Å². The fourth-order valence-electron chi connectivity index (χ4n) is 3.61. The van der Waals surface area contributed by atoms with Crippen molar-refractivity contribution in [1.82, 2.24) is 4.90 Å². The Labute approximate surface area is 182 Å². The van der Waals surface area contributed by atoms with Gasteiger partial charge in [0.05, 0.1) is 30.0 Å². The number of carbonyl (C=O) groups excluding carboxylic acids is 2. The maximum Gasteiger partial charge on any atom is 0.337 e. The number of nitrogens with zero attached hydrogens (tertiary/aromatic N) is 1. The number of halogens is 1. The number of nitrogens with one attached hydrogen (secondary N) is 1. The van der Waals surface area contributed by atoms with Gasteiger partial charge >= 0.3 is 5.97 Å². The molecular formula is C23H27ClN2O4. The minimum absolute atomic E-state index is 0.0723. The van der Waals surface area contributed by atoms with Crippen LogP contribution in [0.25, 0.3) is 0 Å². The van der Waals surface area contributed by atoms with Crippen LogP contribution in [0.1, 0.15) is 35.7 Å². The Hall–Kier alpha value is -2.57. The molecule has 1 fully saturated rings. The van der Waals surface area contributed by atoms with Crippen molar-refractivity contribution in [3.05, 3.63) is 58.6 Å². The van der Waals surface area contributed by atoms with Gasteiger partial charge in [0.2, 0.25) is 5.91 Å². The Morgan fingerprint density at radius 3 is 2.63 bits per heavy atom. The fraction of sp³-hybridized carbons (Fsp3) is 0.391. The summed E-state index contributed by atoms with van der Waals surface area (Å²) in [5, 5.41) is 3.26. The molecule has 1 amide bonds. The van der Waals surface area contributed by atoms with Gasteiger partial charge < -0.3 is 14.8 Å². The van der Waals surface area contributed by atoms with Crippen molar-refractivity contribution in [2.45, 2.75) is 26.3 Å². The molecule has 0 radical (unpaired) electrons. The summed E-state index contributed by atoms with van der Waals surface area (Å²) >= 11 is 6.19. The van der Waals surface area contributed by atoms with Gasteiger partial charge in [-0.15, -0.1) is 0 Å². The van der Waals surface area contributed by atoms with Crippen molar-refractivity contribution in [2.24, 2.45) is 5.92 Å². The number of piperidine rings is 1. The van der Waals surface area contributed by atoms with E-state index in [0.717, 1.165) is 38.2 Å². The molecule has 0 atom stereocenters. The van der Waals surface area contributed by atoms with E-state index >= 15 is 0 Å². The first-order valence-corrected chi connectivity index (χ1v) is 10.5. The largest absolute Gasteiger partial charge is 0.494 e. The highest BCUT2D eigenvalue weighted by molar-refractivity contribution is 6.33. The molecule has 0 aromatic heterocycles. The Morgan fingerprint density at radius 1 is 1.17 bits per heavy atom. The van der Waals surface area contributed by atoms with E-state index in [1.807, 2.05) is 19.1 Å². The number of anilines is 1. The molecule has 0 spiro atoms.